The number of aliphatic imine (C=N–C) groups is 1. The van der Waals surface area contributed by atoms with Crippen LogP contribution in [0, 0.1) is 0 Å². The molecule has 0 radical (unpaired) electrons. The molecule has 1 aromatic carbocycles. The fourth-order valence-electron chi connectivity index (χ4n) is 2.05. The molecule has 25 heavy (non-hydrogen) atoms. The standard InChI is InChI=1S/C19H32N4O.HI/c1-7-14(3)22-17(24)16-11-9-10-15(12-16)13-21-18(20-8-2)23-19(4,5)6;/h9-12,14H,7-8,13H2,1-6H3,(H,22,24)(H2,20,21,23);1H. The number of hydrogen-bond donors (Lipinski definition) is 3. The molecule has 0 saturated heterocycles. The lowest BCUT2D eigenvalue weighted by molar-refractivity contribution is 0.0939. The first-order valence-electron chi connectivity index (χ1n) is 8.71. The molecule has 0 bridgehead atoms. The number of carbonyl (C=O) groups excluding carboxylic acids is 1. The summed E-state index contributed by atoms with van der Waals surface area (Å²) in [5, 5.41) is 9.59. The van der Waals surface area contributed by atoms with Crippen molar-refractivity contribution in [2.45, 2.75) is 66.1 Å². The monoisotopic (exact) mass is 460 g/mol. The van der Waals surface area contributed by atoms with Gasteiger partial charge in [0.05, 0.1) is 6.54 Å². The Morgan fingerprint density at radius 2 is 1.92 bits per heavy atom. The highest BCUT2D eigenvalue weighted by atomic mass is 127. The van der Waals surface area contributed by atoms with Gasteiger partial charge in [0.15, 0.2) is 5.96 Å². The highest BCUT2D eigenvalue weighted by molar-refractivity contribution is 14.0. The van der Waals surface area contributed by atoms with Crippen LogP contribution < -0.4 is 16.0 Å². The van der Waals surface area contributed by atoms with E-state index in [9.17, 15) is 4.79 Å². The van der Waals surface area contributed by atoms with Crippen LogP contribution in [0.5, 0.6) is 0 Å². The normalized spacial score (nSPS) is 12.8. The number of guanidine groups is 1. The Kier molecular flexibility index (Phi) is 10.7. The third-order valence-corrected chi connectivity index (χ3v) is 3.44. The lowest BCUT2D eigenvalue weighted by atomic mass is 10.1. The fraction of sp³-hybridized carbons (Fsp3) is 0.579. The predicted octanol–water partition coefficient (Wildman–Crippen LogP) is 3.69. The second-order valence-electron chi connectivity index (χ2n) is 7.05. The van der Waals surface area contributed by atoms with Crippen molar-refractivity contribution in [1.29, 1.82) is 0 Å². The summed E-state index contributed by atoms with van der Waals surface area (Å²) in [6, 6.07) is 7.81. The maximum Gasteiger partial charge on any atom is 0.251 e. The molecule has 0 saturated carbocycles. The van der Waals surface area contributed by atoms with E-state index in [1.165, 1.54) is 0 Å². The predicted molar refractivity (Wildman–Crippen MR) is 117 cm³/mol. The Hall–Kier alpha value is -1.31. The quantitative estimate of drug-likeness (QED) is 0.345. The maximum atomic E-state index is 12.2. The van der Waals surface area contributed by atoms with Crippen LogP contribution in [0.3, 0.4) is 0 Å². The SMILES string of the molecule is CCNC(=NCc1cccc(C(=O)NC(C)CC)c1)NC(C)(C)C.I. The first-order valence-corrected chi connectivity index (χ1v) is 8.71. The van der Waals surface area contributed by atoms with E-state index in [1.54, 1.807) is 0 Å². The van der Waals surface area contributed by atoms with Crippen molar-refractivity contribution in [3.63, 3.8) is 0 Å². The number of amides is 1. The van der Waals surface area contributed by atoms with Gasteiger partial charge in [-0.15, -0.1) is 24.0 Å². The zero-order valence-corrected chi connectivity index (χ0v) is 18.6. The first-order chi connectivity index (χ1) is 11.2. The first kappa shape index (κ1) is 23.7. The summed E-state index contributed by atoms with van der Waals surface area (Å²) in [5.74, 6) is 0.745. The van der Waals surface area contributed by atoms with Gasteiger partial charge in [0, 0.05) is 23.7 Å². The van der Waals surface area contributed by atoms with Gasteiger partial charge in [-0.2, -0.15) is 0 Å². The summed E-state index contributed by atoms with van der Waals surface area (Å²) in [5.41, 5.74) is 1.63. The largest absolute Gasteiger partial charge is 0.357 e. The van der Waals surface area contributed by atoms with Crippen LogP contribution in [-0.4, -0.2) is 30.0 Å². The van der Waals surface area contributed by atoms with E-state index in [-0.39, 0.29) is 41.5 Å². The van der Waals surface area contributed by atoms with Crippen molar-refractivity contribution < 1.29 is 4.79 Å². The average Bonchev–Trinajstić information content (AvgIpc) is 2.51. The number of nitrogens with zero attached hydrogens (tertiary/aromatic N) is 1. The van der Waals surface area contributed by atoms with Crippen LogP contribution in [0.4, 0.5) is 0 Å². The highest BCUT2D eigenvalue weighted by Crippen LogP contribution is 2.08. The lowest BCUT2D eigenvalue weighted by Crippen LogP contribution is -2.47. The van der Waals surface area contributed by atoms with Crippen LogP contribution in [0.15, 0.2) is 29.3 Å². The second-order valence-corrected chi connectivity index (χ2v) is 7.05. The molecular weight excluding hydrogens is 427 g/mol. The van der Waals surface area contributed by atoms with Crippen LogP contribution in [0.2, 0.25) is 0 Å². The lowest BCUT2D eigenvalue weighted by Gasteiger charge is -2.23. The van der Waals surface area contributed by atoms with Crippen molar-refractivity contribution >= 4 is 35.8 Å². The number of benzene rings is 1. The number of rotatable bonds is 6. The molecule has 1 amide bonds. The van der Waals surface area contributed by atoms with Gasteiger partial charge in [-0.3, -0.25) is 4.79 Å². The number of hydrogen-bond acceptors (Lipinski definition) is 2. The third-order valence-electron chi connectivity index (χ3n) is 3.44. The molecule has 0 heterocycles. The summed E-state index contributed by atoms with van der Waals surface area (Å²) in [6.07, 6.45) is 0.917. The van der Waals surface area contributed by atoms with Crippen LogP contribution in [0.25, 0.3) is 0 Å². The van der Waals surface area contributed by atoms with E-state index < -0.39 is 0 Å². The molecule has 6 heteroatoms. The molecule has 0 aliphatic rings. The van der Waals surface area contributed by atoms with Gasteiger partial charge in [-0.25, -0.2) is 4.99 Å². The molecule has 1 aromatic rings. The van der Waals surface area contributed by atoms with Crippen molar-refractivity contribution in [2.75, 3.05) is 6.54 Å². The minimum atomic E-state index is -0.0565. The summed E-state index contributed by atoms with van der Waals surface area (Å²) < 4.78 is 0. The third kappa shape index (κ3) is 9.67. The Balaban J connectivity index is 0.00000576. The van der Waals surface area contributed by atoms with E-state index in [2.05, 4.69) is 48.6 Å². The number of nitrogens with one attached hydrogen (secondary N) is 3. The Labute approximate surface area is 169 Å². The van der Waals surface area contributed by atoms with Gasteiger partial charge in [-0.1, -0.05) is 19.1 Å². The molecule has 0 fully saturated rings. The molecule has 1 unspecified atom stereocenters. The van der Waals surface area contributed by atoms with Crippen molar-refractivity contribution in [3.8, 4) is 0 Å². The molecule has 5 nitrogen and oxygen atoms in total. The molecule has 1 rings (SSSR count). The fourth-order valence-corrected chi connectivity index (χ4v) is 2.05. The summed E-state index contributed by atoms with van der Waals surface area (Å²) in [4.78, 5) is 16.8. The van der Waals surface area contributed by atoms with Crippen LogP contribution >= 0.6 is 24.0 Å². The molecule has 142 valence electrons. The van der Waals surface area contributed by atoms with Gasteiger partial charge < -0.3 is 16.0 Å². The minimum Gasteiger partial charge on any atom is -0.357 e. The summed E-state index contributed by atoms with van der Waals surface area (Å²) in [7, 11) is 0. The van der Waals surface area contributed by atoms with E-state index in [4.69, 9.17) is 0 Å². The average molecular weight is 460 g/mol. The van der Waals surface area contributed by atoms with E-state index >= 15 is 0 Å². The minimum absolute atomic E-state index is 0. The summed E-state index contributed by atoms with van der Waals surface area (Å²) >= 11 is 0. The van der Waals surface area contributed by atoms with E-state index in [1.807, 2.05) is 38.1 Å². The van der Waals surface area contributed by atoms with Crippen molar-refractivity contribution in [3.05, 3.63) is 35.4 Å². The topological polar surface area (TPSA) is 65.5 Å². The maximum absolute atomic E-state index is 12.2. The van der Waals surface area contributed by atoms with Gasteiger partial charge in [0.2, 0.25) is 0 Å². The zero-order valence-electron chi connectivity index (χ0n) is 16.3. The van der Waals surface area contributed by atoms with Gasteiger partial charge >= 0.3 is 0 Å². The molecule has 0 aliphatic heterocycles. The van der Waals surface area contributed by atoms with Gasteiger partial charge in [0.25, 0.3) is 5.91 Å². The molecule has 0 aromatic heterocycles. The number of halogens is 1. The van der Waals surface area contributed by atoms with Crippen molar-refractivity contribution in [2.24, 2.45) is 4.99 Å². The smallest absolute Gasteiger partial charge is 0.251 e. The Morgan fingerprint density at radius 3 is 2.48 bits per heavy atom. The molecule has 1 atom stereocenters. The number of carbonyl (C=O) groups is 1. The van der Waals surface area contributed by atoms with Crippen LogP contribution in [-0.2, 0) is 6.54 Å². The Bertz CT molecular complexity index is 567. The molecule has 0 spiro atoms. The molecular formula is C19H33IN4O. The van der Waals surface area contributed by atoms with Crippen LogP contribution in [0.1, 0.15) is 63.9 Å². The van der Waals surface area contributed by atoms with Gasteiger partial charge in [0.1, 0.15) is 0 Å². The van der Waals surface area contributed by atoms with Gasteiger partial charge in [-0.05, 0) is 58.7 Å². The summed E-state index contributed by atoms with van der Waals surface area (Å²) in [6.45, 7) is 13.7. The van der Waals surface area contributed by atoms with E-state index in [0.29, 0.717) is 12.1 Å². The van der Waals surface area contributed by atoms with Crippen molar-refractivity contribution in [1.82, 2.24) is 16.0 Å². The molecule has 3 N–H and O–H groups in total. The zero-order chi connectivity index (χ0) is 18.2. The Morgan fingerprint density at radius 1 is 1.24 bits per heavy atom. The highest BCUT2D eigenvalue weighted by Gasteiger charge is 2.12. The second kappa shape index (κ2) is 11.3. The van der Waals surface area contributed by atoms with E-state index in [0.717, 1.165) is 24.5 Å². The molecule has 0 aliphatic carbocycles.